The van der Waals surface area contributed by atoms with Crippen molar-refractivity contribution in [1.82, 2.24) is 10.2 Å². The number of piperidine rings is 1. The first kappa shape index (κ1) is 12.3. The first-order valence-electron chi connectivity index (χ1n) is 6.78. The molecular formula is C13H26N2O. The Kier molecular flexibility index (Phi) is 4.22. The summed E-state index contributed by atoms with van der Waals surface area (Å²) >= 11 is 0. The van der Waals surface area contributed by atoms with Gasteiger partial charge in [-0.25, -0.2) is 0 Å². The summed E-state index contributed by atoms with van der Waals surface area (Å²) in [5.41, 5.74) is 0. The molecule has 3 heteroatoms. The molecule has 1 N–H and O–H groups in total. The zero-order valence-corrected chi connectivity index (χ0v) is 10.9. The first-order chi connectivity index (χ1) is 7.76. The summed E-state index contributed by atoms with van der Waals surface area (Å²) in [5, 5.41) is 3.45. The van der Waals surface area contributed by atoms with E-state index in [9.17, 15) is 0 Å². The molecule has 2 bridgehead atoms. The summed E-state index contributed by atoms with van der Waals surface area (Å²) < 4.78 is 5.57. The van der Waals surface area contributed by atoms with Gasteiger partial charge in [0.15, 0.2) is 0 Å². The smallest absolute Gasteiger partial charge is 0.0619 e. The number of nitrogens with zero attached hydrogens (tertiary/aromatic N) is 1. The van der Waals surface area contributed by atoms with Crippen LogP contribution < -0.4 is 5.32 Å². The largest absolute Gasteiger partial charge is 0.380 e. The van der Waals surface area contributed by atoms with Crippen molar-refractivity contribution in [2.24, 2.45) is 0 Å². The second-order valence-electron chi connectivity index (χ2n) is 5.30. The predicted molar refractivity (Wildman–Crippen MR) is 66.7 cm³/mol. The second-order valence-corrected chi connectivity index (χ2v) is 5.30. The van der Waals surface area contributed by atoms with Gasteiger partial charge in [-0.05, 0) is 46.6 Å². The Balaban J connectivity index is 1.92. The highest BCUT2D eigenvalue weighted by molar-refractivity contribution is 4.98. The van der Waals surface area contributed by atoms with Crippen molar-refractivity contribution in [3.05, 3.63) is 0 Å². The van der Waals surface area contributed by atoms with Gasteiger partial charge in [0.25, 0.3) is 0 Å². The summed E-state index contributed by atoms with van der Waals surface area (Å²) in [5.74, 6) is 0. The summed E-state index contributed by atoms with van der Waals surface area (Å²) in [6.45, 7) is 6.13. The third-order valence-corrected chi connectivity index (χ3v) is 4.27. The van der Waals surface area contributed by atoms with E-state index in [1.807, 2.05) is 0 Å². The fourth-order valence-electron chi connectivity index (χ4n) is 3.54. The van der Waals surface area contributed by atoms with E-state index in [1.165, 1.54) is 25.7 Å². The number of fused-ring (bicyclic) bond motifs is 2. The minimum Gasteiger partial charge on any atom is -0.380 e. The molecule has 0 saturated carbocycles. The van der Waals surface area contributed by atoms with E-state index in [0.717, 1.165) is 31.3 Å². The maximum Gasteiger partial charge on any atom is 0.0619 e. The third kappa shape index (κ3) is 2.41. The lowest BCUT2D eigenvalue weighted by atomic mass is 9.96. The molecule has 3 unspecified atom stereocenters. The molecular weight excluding hydrogens is 200 g/mol. The van der Waals surface area contributed by atoms with Crippen LogP contribution in [-0.4, -0.2) is 49.3 Å². The monoisotopic (exact) mass is 226 g/mol. The third-order valence-electron chi connectivity index (χ3n) is 4.27. The maximum absolute atomic E-state index is 5.57. The van der Waals surface area contributed by atoms with Gasteiger partial charge >= 0.3 is 0 Å². The van der Waals surface area contributed by atoms with Crippen LogP contribution in [0, 0.1) is 0 Å². The van der Waals surface area contributed by atoms with Crippen LogP contribution in [0.3, 0.4) is 0 Å². The molecule has 2 aliphatic heterocycles. The van der Waals surface area contributed by atoms with Gasteiger partial charge in [-0.2, -0.15) is 0 Å². The second kappa shape index (κ2) is 5.48. The van der Waals surface area contributed by atoms with Crippen LogP contribution in [0.15, 0.2) is 0 Å². The van der Waals surface area contributed by atoms with Crippen molar-refractivity contribution < 1.29 is 4.74 Å². The van der Waals surface area contributed by atoms with Crippen molar-refractivity contribution >= 4 is 0 Å². The van der Waals surface area contributed by atoms with E-state index in [1.54, 1.807) is 0 Å². The molecule has 16 heavy (non-hydrogen) atoms. The summed E-state index contributed by atoms with van der Waals surface area (Å²) in [6, 6.07) is 2.93. The molecule has 3 atom stereocenters. The molecule has 0 amide bonds. The lowest BCUT2D eigenvalue weighted by molar-refractivity contribution is 0.0221. The Hall–Kier alpha value is -0.120. The molecule has 0 aromatic carbocycles. The lowest BCUT2D eigenvalue weighted by Gasteiger charge is -2.42. The topological polar surface area (TPSA) is 24.5 Å². The van der Waals surface area contributed by atoms with Gasteiger partial charge < -0.3 is 10.1 Å². The van der Waals surface area contributed by atoms with E-state index < -0.39 is 0 Å². The Bertz CT molecular complexity index is 208. The zero-order chi connectivity index (χ0) is 11.5. The fourth-order valence-corrected chi connectivity index (χ4v) is 3.54. The highest BCUT2D eigenvalue weighted by atomic mass is 16.5. The summed E-state index contributed by atoms with van der Waals surface area (Å²) in [6.07, 6.45) is 5.42. The molecule has 0 radical (unpaired) electrons. The van der Waals surface area contributed by atoms with Crippen LogP contribution >= 0.6 is 0 Å². The molecule has 0 aromatic rings. The van der Waals surface area contributed by atoms with Crippen molar-refractivity contribution in [3.8, 4) is 0 Å². The lowest BCUT2D eigenvalue weighted by Crippen LogP contribution is -2.52. The Morgan fingerprint density at radius 1 is 1.31 bits per heavy atom. The van der Waals surface area contributed by atoms with Crippen molar-refractivity contribution in [3.63, 3.8) is 0 Å². The normalized spacial score (nSPS) is 36.6. The van der Waals surface area contributed by atoms with E-state index in [-0.39, 0.29) is 0 Å². The van der Waals surface area contributed by atoms with E-state index in [0.29, 0.717) is 6.04 Å². The number of ether oxygens (including phenoxy) is 1. The molecule has 0 aromatic heterocycles. The Morgan fingerprint density at radius 3 is 2.44 bits per heavy atom. The minimum atomic E-state index is 0.593. The highest BCUT2D eigenvalue weighted by Crippen LogP contribution is 2.37. The molecule has 0 aliphatic carbocycles. The molecule has 2 saturated heterocycles. The van der Waals surface area contributed by atoms with Crippen LogP contribution in [-0.2, 0) is 4.74 Å². The average molecular weight is 226 g/mol. The quantitative estimate of drug-likeness (QED) is 0.771. The highest BCUT2D eigenvalue weighted by Gasteiger charge is 2.42. The van der Waals surface area contributed by atoms with Gasteiger partial charge in [0, 0.05) is 30.8 Å². The molecule has 2 heterocycles. The zero-order valence-electron chi connectivity index (χ0n) is 10.9. The van der Waals surface area contributed by atoms with Crippen LogP contribution in [0.4, 0.5) is 0 Å². The number of hydrogen-bond acceptors (Lipinski definition) is 3. The summed E-state index contributed by atoms with van der Waals surface area (Å²) in [7, 11) is 2.10. The molecule has 3 nitrogen and oxygen atoms in total. The van der Waals surface area contributed by atoms with Crippen molar-refractivity contribution in [2.45, 2.75) is 63.7 Å². The number of hydrogen-bond donors (Lipinski definition) is 1. The Labute approximate surface area is 99.5 Å². The SMILES string of the molecule is CCOCC(C)N1C2CCC1CC(NC)C2. The predicted octanol–water partition coefficient (Wildman–Crippen LogP) is 1.63. The molecule has 2 fully saturated rings. The summed E-state index contributed by atoms with van der Waals surface area (Å²) in [4.78, 5) is 2.73. The standard InChI is InChI=1S/C13H26N2O/c1-4-16-9-10(2)15-12-5-6-13(15)8-11(7-12)14-3/h10-14H,4-9H2,1-3H3. The fraction of sp³-hybridized carbons (Fsp3) is 1.00. The van der Waals surface area contributed by atoms with E-state index in [2.05, 4.69) is 31.1 Å². The number of nitrogens with one attached hydrogen (secondary N) is 1. The van der Waals surface area contributed by atoms with Crippen LogP contribution in [0.5, 0.6) is 0 Å². The Morgan fingerprint density at radius 2 is 1.94 bits per heavy atom. The number of rotatable bonds is 5. The average Bonchev–Trinajstić information content (AvgIpc) is 2.57. The van der Waals surface area contributed by atoms with Gasteiger partial charge in [-0.1, -0.05) is 0 Å². The first-order valence-corrected chi connectivity index (χ1v) is 6.78. The van der Waals surface area contributed by atoms with Gasteiger partial charge in [0.2, 0.25) is 0 Å². The van der Waals surface area contributed by atoms with E-state index >= 15 is 0 Å². The van der Waals surface area contributed by atoms with Crippen molar-refractivity contribution in [2.75, 3.05) is 20.3 Å². The van der Waals surface area contributed by atoms with Gasteiger partial charge in [-0.15, -0.1) is 0 Å². The molecule has 2 rings (SSSR count). The van der Waals surface area contributed by atoms with E-state index in [4.69, 9.17) is 4.74 Å². The molecule has 94 valence electrons. The van der Waals surface area contributed by atoms with Gasteiger partial charge in [-0.3, -0.25) is 4.90 Å². The molecule has 2 aliphatic rings. The van der Waals surface area contributed by atoms with Gasteiger partial charge in [0.05, 0.1) is 6.61 Å². The molecule has 0 spiro atoms. The van der Waals surface area contributed by atoms with Crippen LogP contribution in [0.1, 0.15) is 39.5 Å². The van der Waals surface area contributed by atoms with Crippen LogP contribution in [0.25, 0.3) is 0 Å². The van der Waals surface area contributed by atoms with Crippen molar-refractivity contribution in [1.29, 1.82) is 0 Å². The van der Waals surface area contributed by atoms with Gasteiger partial charge in [0.1, 0.15) is 0 Å². The minimum absolute atomic E-state index is 0.593. The maximum atomic E-state index is 5.57. The van der Waals surface area contributed by atoms with Crippen LogP contribution in [0.2, 0.25) is 0 Å².